The van der Waals surface area contributed by atoms with Crippen molar-refractivity contribution in [2.45, 2.75) is 19.4 Å². The first-order valence-corrected chi connectivity index (χ1v) is 8.95. The standard InChI is InChI=1S/C21H21NO4/c23-18-10-19(21(24)22-11-17-9-15-6-7-16(17)8-15)26-13-20(18)25-12-14-4-2-1-3-5-14/h1-7,10,13,15-17H,8-9,11-12H2,(H,22,24)/t15-,16-,17+/m0/s1. The number of hydrogen-bond donors (Lipinski definition) is 1. The Hall–Kier alpha value is -2.82. The van der Waals surface area contributed by atoms with Crippen LogP contribution >= 0.6 is 0 Å². The molecular formula is C21H21NO4. The highest BCUT2D eigenvalue weighted by molar-refractivity contribution is 5.91. The number of fused-ring (bicyclic) bond motifs is 2. The normalized spacial score (nSPS) is 23.2. The summed E-state index contributed by atoms with van der Waals surface area (Å²) in [5.41, 5.74) is 0.591. The maximum Gasteiger partial charge on any atom is 0.287 e. The lowest BCUT2D eigenvalue weighted by Gasteiger charge is -2.18. The first kappa shape index (κ1) is 16.6. The number of hydrogen-bond acceptors (Lipinski definition) is 4. The smallest absolute Gasteiger partial charge is 0.287 e. The summed E-state index contributed by atoms with van der Waals surface area (Å²) >= 11 is 0. The zero-order chi connectivity index (χ0) is 17.9. The Bertz CT molecular complexity index is 871. The summed E-state index contributed by atoms with van der Waals surface area (Å²) in [4.78, 5) is 24.4. The fourth-order valence-corrected chi connectivity index (χ4v) is 3.80. The van der Waals surface area contributed by atoms with Crippen molar-refractivity contribution in [2.75, 3.05) is 6.54 Å². The lowest BCUT2D eigenvalue weighted by molar-refractivity contribution is 0.0913. The van der Waals surface area contributed by atoms with Gasteiger partial charge in [-0.05, 0) is 36.2 Å². The molecule has 1 fully saturated rings. The van der Waals surface area contributed by atoms with Crippen molar-refractivity contribution in [3.63, 3.8) is 0 Å². The Morgan fingerprint density at radius 1 is 1.19 bits per heavy atom. The van der Waals surface area contributed by atoms with Crippen molar-refractivity contribution in [3.8, 4) is 5.75 Å². The Labute approximate surface area is 151 Å². The molecule has 2 aliphatic carbocycles. The number of carbonyl (C=O) groups is 1. The van der Waals surface area contributed by atoms with Gasteiger partial charge in [0.1, 0.15) is 12.9 Å². The Morgan fingerprint density at radius 3 is 2.73 bits per heavy atom. The minimum absolute atomic E-state index is 0.0146. The van der Waals surface area contributed by atoms with Gasteiger partial charge < -0.3 is 14.5 Å². The van der Waals surface area contributed by atoms with Crippen LogP contribution in [0, 0.1) is 17.8 Å². The van der Waals surface area contributed by atoms with Gasteiger partial charge in [-0.3, -0.25) is 9.59 Å². The molecule has 5 heteroatoms. The molecule has 0 aliphatic heterocycles. The quantitative estimate of drug-likeness (QED) is 0.812. The molecule has 0 unspecified atom stereocenters. The van der Waals surface area contributed by atoms with Crippen LogP contribution < -0.4 is 15.5 Å². The van der Waals surface area contributed by atoms with Gasteiger partial charge in [-0.2, -0.15) is 0 Å². The van der Waals surface area contributed by atoms with Crippen LogP contribution in [0.5, 0.6) is 5.75 Å². The van der Waals surface area contributed by atoms with Crippen LogP contribution in [0.3, 0.4) is 0 Å². The van der Waals surface area contributed by atoms with Gasteiger partial charge in [0.05, 0.1) is 0 Å². The molecule has 3 atom stereocenters. The second kappa shape index (κ2) is 7.20. The van der Waals surface area contributed by atoms with E-state index < -0.39 is 0 Å². The summed E-state index contributed by atoms with van der Waals surface area (Å²) in [7, 11) is 0. The van der Waals surface area contributed by atoms with E-state index in [0.717, 1.165) is 12.0 Å². The highest BCUT2D eigenvalue weighted by Gasteiger charge is 2.35. The van der Waals surface area contributed by atoms with E-state index in [1.165, 1.54) is 18.8 Å². The van der Waals surface area contributed by atoms with E-state index in [9.17, 15) is 9.59 Å². The average molecular weight is 351 g/mol. The van der Waals surface area contributed by atoms with Gasteiger partial charge in [-0.1, -0.05) is 42.5 Å². The Morgan fingerprint density at radius 2 is 2.04 bits per heavy atom. The third-order valence-electron chi connectivity index (χ3n) is 5.20. The first-order chi connectivity index (χ1) is 12.7. The second-order valence-corrected chi connectivity index (χ2v) is 7.00. The zero-order valence-electron chi connectivity index (χ0n) is 14.4. The Balaban J connectivity index is 1.34. The largest absolute Gasteiger partial charge is 0.482 e. The fraction of sp³-hybridized carbons (Fsp3) is 0.333. The van der Waals surface area contributed by atoms with Crippen molar-refractivity contribution >= 4 is 5.91 Å². The fourth-order valence-electron chi connectivity index (χ4n) is 3.80. The second-order valence-electron chi connectivity index (χ2n) is 7.00. The maximum atomic E-state index is 12.2. The topological polar surface area (TPSA) is 68.5 Å². The summed E-state index contributed by atoms with van der Waals surface area (Å²) < 4.78 is 10.8. The molecule has 0 radical (unpaired) electrons. The van der Waals surface area contributed by atoms with E-state index in [2.05, 4.69) is 17.5 Å². The molecule has 2 bridgehead atoms. The van der Waals surface area contributed by atoms with Gasteiger partial charge in [0, 0.05) is 12.6 Å². The molecule has 0 saturated heterocycles. The highest BCUT2D eigenvalue weighted by atomic mass is 16.5. The lowest BCUT2D eigenvalue weighted by Crippen LogP contribution is -2.31. The molecule has 1 heterocycles. The number of rotatable bonds is 6. The van der Waals surface area contributed by atoms with Crippen molar-refractivity contribution in [1.29, 1.82) is 0 Å². The minimum atomic E-state index is -0.361. The summed E-state index contributed by atoms with van der Waals surface area (Å²) in [6.45, 7) is 0.884. The molecule has 4 rings (SSSR count). The number of carbonyl (C=O) groups excluding carboxylic acids is 1. The first-order valence-electron chi connectivity index (χ1n) is 8.95. The summed E-state index contributed by atoms with van der Waals surface area (Å²) in [6.07, 6.45) is 8.06. The molecule has 1 saturated carbocycles. The molecule has 2 aromatic rings. The number of nitrogens with one attached hydrogen (secondary N) is 1. The molecule has 26 heavy (non-hydrogen) atoms. The van der Waals surface area contributed by atoms with Crippen molar-refractivity contribution in [3.05, 3.63) is 76.4 Å². The molecular weight excluding hydrogens is 330 g/mol. The predicted molar refractivity (Wildman–Crippen MR) is 96.9 cm³/mol. The average Bonchev–Trinajstić information content (AvgIpc) is 3.29. The van der Waals surface area contributed by atoms with Crippen molar-refractivity contribution in [2.24, 2.45) is 17.8 Å². The van der Waals surface area contributed by atoms with E-state index in [4.69, 9.17) is 9.15 Å². The van der Waals surface area contributed by atoms with Gasteiger partial charge in [-0.25, -0.2) is 0 Å². The third kappa shape index (κ3) is 3.57. The predicted octanol–water partition coefficient (Wildman–Crippen LogP) is 3.16. The van der Waals surface area contributed by atoms with Crippen LogP contribution in [0.2, 0.25) is 0 Å². The maximum absolute atomic E-state index is 12.2. The van der Waals surface area contributed by atoms with Crippen LogP contribution in [-0.2, 0) is 6.61 Å². The minimum Gasteiger partial charge on any atom is -0.482 e. The number of ether oxygens (including phenoxy) is 1. The van der Waals surface area contributed by atoms with E-state index in [1.807, 2.05) is 30.3 Å². The SMILES string of the molecule is O=C(NC[C@H]1C[C@H]2C=C[C@H]1C2)c1cc(=O)c(OCc2ccccc2)co1. The summed E-state index contributed by atoms with van der Waals surface area (Å²) in [5, 5.41) is 2.88. The number of amides is 1. The van der Waals surface area contributed by atoms with Gasteiger partial charge in [0.25, 0.3) is 5.91 Å². The van der Waals surface area contributed by atoms with Gasteiger partial charge in [-0.15, -0.1) is 0 Å². The summed E-state index contributed by atoms with van der Waals surface area (Å²) in [6, 6.07) is 10.7. The van der Waals surface area contributed by atoms with Crippen LogP contribution in [0.15, 0.2) is 64.0 Å². The third-order valence-corrected chi connectivity index (χ3v) is 5.20. The highest BCUT2D eigenvalue weighted by Crippen LogP contribution is 2.42. The van der Waals surface area contributed by atoms with Crippen molar-refractivity contribution < 1.29 is 13.9 Å². The molecule has 134 valence electrons. The molecule has 0 spiro atoms. The zero-order valence-corrected chi connectivity index (χ0v) is 14.4. The molecule has 1 aromatic carbocycles. The van der Waals surface area contributed by atoms with Gasteiger partial charge in [0.15, 0.2) is 5.76 Å². The summed E-state index contributed by atoms with van der Waals surface area (Å²) in [5.74, 6) is 1.48. The lowest BCUT2D eigenvalue weighted by atomic mass is 9.93. The van der Waals surface area contributed by atoms with E-state index in [0.29, 0.717) is 24.3 Å². The van der Waals surface area contributed by atoms with Crippen LogP contribution in [0.25, 0.3) is 0 Å². The number of allylic oxidation sites excluding steroid dienone is 2. The molecule has 2 aliphatic rings. The van der Waals surface area contributed by atoms with Gasteiger partial charge >= 0.3 is 0 Å². The van der Waals surface area contributed by atoms with Crippen LogP contribution in [-0.4, -0.2) is 12.5 Å². The van der Waals surface area contributed by atoms with E-state index in [-0.39, 0.29) is 29.5 Å². The van der Waals surface area contributed by atoms with Crippen LogP contribution in [0.1, 0.15) is 29.0 Å². The molecule has 5 nitrogen and oxygen atoms in total. The van der Waals surface area contributed by atoms with Gasteiger partial charge in [0.2, 0.25) is 11.2 Å². The van der Waals surface area contributed by atoms with E-state index >= 15 is 0 Å². The van der Waals surface area contributed by atoms with Crippen LogP contribution in [0.4, 0.5) is 0 Å². The monoisotopic (exact) mass is 351 g/mol. The Kier molecular flexibility index (Phi) is 4.61. The molecule has 1 N–H and O–H groups in total. The molecule has 1 amide bonds. The molecule has 1 aromatic heterocycles. The van der Waals surface area contributed by atoms with E-state index in [1.54, 1.807) is 0 Å². The van der Waals surface area contributed by atoms with Crippen molar-refractivity contribution in [1.82, 2.24) is 5.32 Å². The number of benzene rings is 1.